The summed E-state index contributed by atoms with van der Waals surface area (Å²) in [5.41, 5.74) is 1.30. The van der Waals surface area contributed by atoms with Crippen LogP contribution >= 0.6 is 11.6 Å². The van der Waals surface area contributed by atoms with Crippen molar-refractivity contribution in [3.8, 4) is 0 Å². The summed E-state index contributed by atoms with van der Waals surface area (Å²) < 4.78 is 0. The van der Waals surface area contributed by atoms with E-state index < -0.39 is 0 Å². The van der Waals surface area contributed by atoms with Crippen molar-refractivity contribution in [3.63, 3.8) is 0 Å². The quantitative estimate of drug-likeness (QED) is 0.731. The summed E-state index contributed by atoms with van der Waals surface area (Å²) in [4.78, 5) is 3.96. The normalized spacial score (nSPS) is 22.1. The molecule has 1 aromatic heterocycles. The van der Waals surface area contributed by atoms with Gasteiger partial charge in [-0.2, -0.15) is 0 Å². The lowest BCUT2D eigenvalue weighted by Gasteiger charge is -2.07. The van der Waals surface area contributed by atoms with Gasteiger partial charge in [0.15, 0.2) is 0 Å². The molecule has 13 heavy (non-hydrogen) atoms. The van der Waals surface area contributed by atoms with Gasteiger partial charge < -0.3 is 5.32 Å². The Labute approximate surface area is 83.3 Å². The summed E-state index contributed by atoms with van der Waals surface area (Å²) in [6, 6.07) is 4.00. The van der Waals surface area contributed by atoms with Crippen molar-refractivity contribution in [2.45, 2.75) is 12.8 Å². The minimum atomic E-state index is 0.600. The zero-order valence-corrected chi connectivity index (χ0v) is 8.22. The second kappa shape index (κ2) is 4.07. The number of halogens is 1. The van der Waals surface area contributed by atoms with Crippen LogP contribution in [0.25, 0.3) is 0 Å². The van der Waals surface area contributed by atoms with Crippen LogP contribution < -0.4 is 5.32 Å². The average Bonchev–Trinajstić information content (AvgIpc) is 2.57. The Morgan fingerprint density at radius 3 is 3.23 bits per heavy atom. The zero-order valence-electron chi connectivity index (χ0n) is 7.46. The molecular weight excluding hydrogens is 184 g/mol. The Bertz CT molecular complexity index is 282. The molecule has 0 radical (unpaired) electrons. The summed E-state index contributed by atoms with van der Waals surface area (Å²) in [6.45, 7) is 2.30. The molecule has 3 heteroatoms. The van der Waals surface area contributed by atoms with Gasteiger partial charge in [0, 0.05) is 6.20 Å². The van der Waals surface area contributed by atoms with Crippen LogP contribution in [-0.4, -0.2) is 18.1 Å². The van der Waals surface area contributed by atoms with Gasteiger partial charge in [0.05, 0.1) is 0 Å². The van der Waals surface area contributed by atoms with E-state index in [2.05, 4.69) is 10.3 Å². The highest BCUT2D eigenvalue weighted by atomic mass is 35.5. The van der Waals surface area contributed by atoms with Gasteiger partial charge in [-0.1, -0.05) is 11.6 Å². The second-order valence-corrected chi connectivity index (χ2v) is 3.94. The lowest BCUT2D eigenvalue weighted by Crippen LogP contribution is -2.10. The highest BCUT2D eigenvalue weighted by molar-refractivity contribution is 6.29. The van der Waals surface area contributed by atoms with Crippen LogP contribution in [0.1, 0.15) is 12.0 Å². The van der Waals surface area contributed by atoms with E-state index in [1.165, 1.54) is 12.0 Å². The highest BCUT2D eigenvalue weighted by Crippen LogP contribution is 2.16. The van der Waals surface area contributed by atoms with Gasteiger partial charge >= 0.3 is 0 Å². The van der Waals surface area contributed by atoms with Gasteiger partial charge in [-0.3, -0.25) is 0 Å². The Balaban J connectivity index is 2.00. The third-order valence-electron chi connectivity index (χ3n) is 2.48. The van der Waals surface area contributed by atoms with E-state index in [9.17, 15) is 0 Å². The monoisotopic (exact) mass is 196 g/mol. The first kappa shape index (κ1) is 8.97. The number of nitrogens with one attached hydrogen (secondary N) is 1. The van der Waals surface area contributed by atoms with Gasteiger partial charge in [0.2, 0.25) is 0 Å². The Morgan fingerprint density at radius 2 is 2.54 bits per heavy atom. The van der Waals surface area contributed by atoms with Crippen LogP contribution in [0.5, 0.6) is 0 Å². The summed E-state index contributed by atoms with van der Waals surface area (Å²) in [5.74, 6) is 0.776. The SMILES string of the molecule is Clc1cc(CC2CCNC2)ccn1. The fraction of sp³-hybridized carbons (Fsp3) is 0.500. The zero-order chi connectivity index (χ0) is 9.10. The molecule has 1 fully saturated rings. The standard InChI is InChI=1S/C10H13ClN2/c11-10-6-8(2-4-13-10)5-9-1-3-12-7-9/h2,4,6,9,12H,1,3,5,7H2. The first-order valence-electron chi connectivity index (χ1n) is 4.66. The van der Waals surface area contributed by atoms with Crippen molar-refractivity contribution in [2.24, 2.45) is 5.92 Å². The molecule has 1 aromatic rings. The lowest BCUT2D eigenvalue weighted by molar-refractivity contribution is 0.580. The molecular formula is C10H13ClN2. The van der Waals surface area contributed by atoms with Crippen LogP contribution in [0.4, 0.5) is 0 Å². The highest BCUT2D eigenvalue weighted by Gasteiger charge is 2.14. The molecule has 0 spiro atoms. The number of hydrogen-bond acceptors (Lipinski definition) is 2. The van der Waals surface area contributed by atoms with Crippen molar-refractivity contribution in [1.29, 1.82) is 0 Å². The van der Waals surface area contributed by atoms with Crippen molar-refractivity contribution in [3.05, 3.63) is 29.0 Å². The molecule has 1 aliphatic heterocycles. The van der Waals surface area contributed by atoms with Crippen LogP contribution in [0.15, 0.2) is 18.3 Å². The minimum Gasteiger partial charge on any atom is -0.316 e. The molecule has 0 aromatic carbocycles. The molecule has 1 atom stereocenters. The number of hydrogen-bond donors (Lipinski definition) is 1. The first-order chi connectivity index (χ1) is 6.34. The fourth-order valence-electron chi connectivity index (χ4n) is 1.79. The van der Waals surface area contributed by atoms with E-state index in [0.29, 0.717) is 5.15 Å². The molecule has 2 nitrogen and oxygen atoms in total. The van der Waals surface area contributed by atoms with Gasteiger partial charge in [-0.05, 0) is 49.5 Å². The molecule has 1 unspecified atom stereocenters. The number of rotatable bonds is 2. The Morgan fingerprint density at radius 1 is 1.62 bits per heavy atom. The minimum absolute atomic E-state index is 0.600. The number of nitrogens with zero attached hydrogens (tertiary/aromatic N) is 1. The van der Waals surface area contributed by atoms with Crippen molar-refractivity contribution < 1.29 is 0 Å². The maximum Gasteiger partial charge on any atom is 0.129 e. The second-order valence-electron chi connectivity index (χ2n) is 3.55. The van der Waals surface area contributed by atoms with Crippen LogP contribution in [0.3, 0.4) is 0 Å². The number of aromatic nitrogens is 1. The smallest absolute Gasteiger partial charge is 0.129 e. The van der Waals surface area contributed by atoms with Crippen LogP contribution in [-0.2, 0) is 6.42 Å². The molecule has 2 heterocycles. The topological polar surface area (TPSA) is 24.9 Å². The summed E-state index contributed by atoms with van der Waals surface area (Å²) >= 11 is 5.80. The molecule has 0 saturated carbocycles. The van der Waals surface area contributed by atoms with Gasteiger partial charge in [0.1, 0.15) is 5.15 Å². The Kier molecular flexibility index (Phi) is 2.81. The molecule has 0 amide bonds. The largest absolute Gasteiger partial charge is 0.316 e. The van der Waals surface area contributed by atoms with E-state index >= 15 is 0 Å². The lowest BCUT2D eigenvalue weighted by atomic mass is 10.00. The fourth-order valence-corrected chi connectivity index (χ4v) is 1.99. The van der Waals surface area contributed by atoms with E-state index in [1.807, 2.05) is 12.1 Å². The molecule has 0 bridgehead atoms. The van der Waals surface area contributed by atoms with E-state index in [-0.39, 0.29) is 0 Å². The van der Waals surface area contributed by atoms with Crippen molar-refractivity contribution >= 4 is 11.6 Å². The predicted octanol–water partition coefficient (Wildman–Crippen LogP) is 1.89. The van der Waals surface area contributed by atoms with Crippen molar-refractivity contribution in [1.82, 2.24) is 10.3 Å². The van der Waals surface area contributed by atoms with E-state index in [4.69, 9.17) is 11.6 Å². The maximum atomic E-state index is 5.80. The average molecular weight is 197 g/mol. The number of pyridine rings is 1. The summed E-state index contributed by atoms with van der Waals surface area (Å²) in [5, 5.41) is 3.96. The van der Waals surface area contributed by atoms with E-state index in [0.717, 1.165) is 25.4 Å². The van der Waals surface area contributed by atoms with Gasteiger partial charge in [-0.15, -0.1) is 0 Å². The van der Waals surface area contributed by atoms with E-state index in [1.54, 1.807) is 6.20 Å². The van der Waals surface area contributed by atoms with Crippen molar-refractivity contribution in [2.75, 3.05) is 13.1 Å². The molecule has 70 valence electrons. The molecule has 0 aliphatic carbocycles. The molecule has 1 aliphatic rings. The first-order valence-corrected chi connectivity index (χ1v) is 5.03. The maximum absolute atomic E-state index is 5.80. The van der Waals surface area contributed by atoms with Gasteiger partial charge in [0.25, 0.3) is 0 Å². The third-order valence-corrected chi connectivity index (χ3v) is 2.68. The van der Waals surface area contributed by atoms with Crippen LogP contribution in [0, 0.1) is 5.92 Å². The summed E-state index contributed by atoms with van der Waals surface area (Å²) in [6.07, 6.45) is 4.18. The summed E-state index contributed by atoms with van der Waals surface area (Å²) in [7, 11) is 0. The molecule has 1 saturated heterocycles. The third kappa shape index (κ3) is 2.42. The van der Waals surface area contributed by atoms with Gasteiger partial charge in [-0.25, -0.2) is 4.98 Å². The Hall–Kier alpha value is -0.600. The predicted molar refractivity (Wildman–Crippen MR) is 53.9 cm³/mol. The molecule has 1 N–H and O–H groups in total. The van der Waals surface area contributed by atoms with Crippen LogP contribution in [0.2, 0.25) is 5.15 Å². The molecule has 2 rings (SSSR count).